The van der Waals surface area contributed by atoms with Crippen molar-refractivity contribution in [2.24, 2.45) is 0 Å². The van der Waals surface area contributed by atoms with Gasteiger partial charge >= 0.3 is 0 Å². The lowest BCUT2D eigenvalue weighted by atomic mass is 10.1. The molecule has 0 rings (SSSR count). The number of hydrogen-bond acceptors (Lipinski definition) is 0. The summed E-state index contributed by atoms with van der Waals surface area (Å²) in [5, 5.41) is 0. The van der Waals surface area contributed by atoms with Gasteiger partial charge in [0.05, 0.1) is 0 Å². The molecule has 0 heterocycles. The van der Waals surface area contributed by atoms with Crippen LogP contribution in [0.15, 0.2) is 12.2 Å². The van der Waals surface area contributed by atoms with Crippen LogP contribution in [0.2, 0.25) is 0 Å². The van der Waals surface area contributed by atoms with Crippen LogP contribution < -0.4 is 0 Å². The van der Waals surface area contributed by atoms with Crippen molar-refractivity contribution in [1.82, 2.24) is 0 Å². The summed E-state index contributed by atoms with van der Waals surface area (Å²) in [5.74, 6) is 0. The molecule has 0 aliphatic carbocycles. The Morgan fingerprint density at radius 3 is 2.56 bits per heavy atom. The molecule has 0 heteroatoms. The summed E-state index contributed by atoms with van der Waals surface area (Å²) in [6.07, 6.45) is 10.6. The number of hydrogen-bond donors (Lipinski definition) is 0. The molecule has 0 fully saturated rings. The predicted octanol–water partition coefficient (Wildman–Crippen LogP) is 3.35. The van der Waals surface area contributed by atoms with Crippen LogP contribution in [0.1, 0.15) is 39.0 Å². The minimum absolute atomic E-state index is 1.21. The molecule has 53 valence electrons. The van der Waals surface area contributed by atoms with Crippen molar-refractivity contribution < 1.29 is 0 Å². The summed E-state index contributed by atoms with van der Waals surface area (Å²) in [4.78, 5) is 0. The lowest BCUT2D eigenvalue weighted by Gasteiger charge is -1.92. The van der Waals surface area contributed by atoms with E-state index in [2.05, 4.69) is 19.9 Å². The Hall–Kier alpha value is -0.260. The summed E-state index contributed by atoms with van der Waals surface area (Å²) >= 11 is 0. The molecular weight excluding hydrogens is 108 g/mol. The summed E-state index contributed by atoms with van der Waals surface area (Å²) in [6, 6.07) is 0. The third kappa shape index (κ3) is 7.74. The Morgan fingerprint density at radius 2 is 2.00 bits per heavy atom. The zero-order chi connectivity index (χ0) is 6.95. The van der Waals surface area contributed by atoms with E-state index in [1.165, 1.54) is 32.1 Å². The van der Waals surface area contributed by atoms with Crippen LogP contribution in [0.25, 0.3) is 0 Å². The topological polar surface area (TPSA) is 0 Å². The van der Waals surface area contributed by atoms with Crippen LogP contribution >= 0.6 is 0 Å². The Kier molecular flexibility index (Phi) is 7.52. The molecule has 0 amide bonds. The van der Waals surface area contributed by atoms with Gasteiger partial charge in [0.1, 0.15) is 0 Å². The van der Waals surface area contributed by atoms with E-state index in [9.17, 15) is 0 Å². The second-order valence-corrected chi connectivity index (χ2v) is 2.32. The molecule has 0 saturated carbocycles. The van der Waals surface area contributed by atoms with Crippen molar-refractivity contribution in [3.63, 3.8) is 0 Å². The fourth-order valence-electron chi connectivity index (χ4n) is 0.807. The van der Waals surface area contributed by atoms with Crippen molar-refractivity contribution in [2.75, 3.05) is 0 Å². The molecule has 0 aliphatic heterocycles. The fraction of sp³-hybridized carbons (Fsp3) is 0.667. The maximum atomic E-state index is 3.62. The highest BCUT2D eigenvalue weighted by molar-refractivity contribution is 4.83. The molecule has 0 spiro atoms. The maximum Gasteiger partial charge on any atom is -0.0316 e. The van der Waals surface area contributed by atoms with Gasteiger partial charge in [-0.1, -0.05) is 38.3 Å². The first-order chi connectivity index (χ1) is 4.41. The summed E-state index contributed by atoms with van der Waals surface area (Å²) in [7, 11) is 0. The molecule has 0 unspecified atom stereocenters. The molecule has 0 N–H and O–H groups in total. The standard InChI is InChI=1S/C9H17/c1-3-5-7-9-8-6-4-2/h3,5H,1,4,6-9H2,2H3/b5-3-. The maximum absolute atomic E-state index is 3.62. The predicted molar refractivity (Wildman–Crippen MR) is 43.3 cm³/mol. The molecule has 0 bridgehead atoms. The van der Waals surface area contributed by atoms with Gasteiger partial charge in [-0.15, -0.1) is 0 Å². The number of rotatable bonds is 5. The average Bonchev–Trinajstić information content (AvgIpc) is 1.89. The Bertz CT molecular complexity index is 62.4. The van der Waals surface area contributed by atoms with Crippen molar-refractivity contribution in [1.29, 1.82) is 0 Å². The summed E-state index contributed by atoms with van der Waals surface area (Å²) in [5.41, 5.74) is 0. The van der Waals surface area contributed by atoms with E-state index in [-0.39, 0.29) is 0 Å². The minimum Gasteiger partial charge on any atom is -0.0885 e. The van der Waals surface area contributed by atoms with Crippen LogP contribution in [-0.2, 0) is 0 Å². The van der Waals surface area contributed by atoms with Crippen LogP contribution in [0.5, 0.6) is 0 Å². The van der Waals surface area contributed by atoms with E-state index in [0.717, 1.165) is 0 Å². The molecule has 9 heavy (non-hydrogen) atoms. The Balaban J connectivity index is 2.75. The van der Waals surface area contributed by atoms with Crippen molar-refractivity contribution in [2.45, 2.75) is 39.0 Å². The molecular formula is C9H17. The second-order valence-electron chi connectivity index (χ2n) is 2.32. The van der Waals surface area contributed by atoms with E-state index in [4.69, 9.17) is 0 Å². The first-order valence-electron chi connectivity index (χ1n) is 3.86. The van der Waals surface area contributed by atoms with E-state index >= 15 is 0 Å². The highest BCUT2D eigenvalue weighted by Gasteiger charge is 1.82. The van der Waals surface area contributed by atoms with Gasteiger partial charge in [-0.3, -0.25) is 0 Å². The normalized spacial score (nSPS) is 10.9. The van der Waals surface area contributed by atoms with Crippen LogP contribution in [0.3, 0.4) is 0 Å². The van der Waals surface area contributed by atoms with Gasteiger partial charge in [0.25, 0.3) is 0 Å². The first kappa shape index (κ1) is 8.74. The van der Waals surface area contributed by atoms with Gasteiger partial charge in [0, 0.05) is 0 Å². The van der Waals surface area contributed by atoms with Crippen molar-refractivity contribution >= 4 is 0 Å². The Morgan fingerprint density at radius 1 is 1.22 bits per heavy atom. The fourth-order valence-corrected chi connectivity index (χ4v) is 0.807. The quantitative estimate of drug-likeness (QED) is 0.494. The zero-order valence-corrected chi connectivity index (χ0v) is 6.40. The third-order valence-electron chi connectivity index (χ3n) is 1.39. The average molecular weight is 125 g/mol. The third-order valence-corrected chi connectivity index (χ3v) is 1.39. The first-order valence-corrected chi connectivity index (χ1v) is 3.86. The SMILES string of the molecule is [CH2]/C=C\CCCCCC. The van der Waals surface area contributed by atoms with Gasteiger partial charge in [0.2, 0.25) is 0 Å². The Labute approximate surface area is 59.0 Å². The van der Waals surface area contributed by atoms with Gasteiger partial charge in [-0.25, -0.2) is 0 Å². The van der Waals surface area contributed by atoms with Crippen molar-refractivity contribution in [3.8, 4) is 0 Å². The summed E-state index contributed by atoms with van der Waals surface area (Å²) in [6.45, 7) is 5.86. The molecule has 0 aliphatic rings. The molecule has 0 aromatic rings. The lowest BCUT2D eigenvalue weighted by Crippen LogP contribution is -1.72. The van der Waals surface area contributed by atoms with Crippen LogP contribution in [0, 0.1) is 6.92 Å². The van der Waals surface area contributed by atoms with Crippen molar-refractivity contribution in [3.05, 3.63) is 19.1 Å². The second kappa shape index (κ2) is 7.74. The minimum atomic E-state index is 1.21. The van der Waals surface area contributed by atoms with E-state index in [1.54, 1.807) is 0 Å². The monoisotopic (exact) mass is 125 g/mol. The summed E-state index contributed by atoms with van der Waals surface area (Å²) < 4.78 is 0. The van der Waals surface area contributed by atoms with Gasteiger partial charge < -0.3 is 0 Å². The number of allylic oxidation sites excluding steroid dienone is 2. The van der Waals surface area contributed by atoms with E-state index in [0.29, 0.717) is 0 Å². The molecule has 1 radical (unpaired) electrons. The van der Waals surface area contributed by atoms with Gasteiger partial charge in [0.15, 0.2) is 0 Å². The smallest absolute Gasteiger partial charge is 0.0316 e. The van der Waals surface area contributed by atoms with Crippen LogP contribution in [0.4, 0.5) is 0 Å². The molecule has 0 nitrogen and oxygen atoms in total. The molecule has 0 saturated heterocycles. The molecule has 0 atom stereocenters. The van der Waals surface area contributed by atoms with Gasteiger partial charge in [-0.2, -0.15) is 0 Å². The molecule has 0 aromatic carbocycles. The largest absolute Gasteiger partial charge is 0.0885 e. The number of unbranched alkanes of at least 4 members (excludes halogenated alkanes) is 4. The van der Waals surface area contributed by atoms with E-state index in [1.807, 2.05) is 6.08 Å². The van der Waals surface area contributed by atoms with Gasteiger partial charge in [-0.05, 0) is 19.8 Å². The highest BCUT2D eigenvalue weighted by Crippen LogP contribution is 2.02. The lowest BCUT2D eigenvalue weighted by molar-refractivity contribution is 0.674. The van der Waals surface area contributed by atoms with Crippen LogP contribution in [-0.4, -0.2) is 0 Å². The molecule has 0 aromatic heterocycles. The zero-order valence-electron chi connectivity index (χ0n) is 6.40. The van der Waals surface area contributed by atoms with E-state index < -0.39 is 0 Å². The highest BCUT2D eigenvalue weighted by atomic mass is 13.9.